The molecule has 0 saturated carbocycles. The average molecular weight is 285 g/mol. The number of likely N-dealkylation sites (tertiary alicyclic amines) is 1. The van der Waals surface area contributed by atoms with Crippen molar-refractivity contribution in [1.82, 2.24) is 15.1 Å². The topological polar surface area (TPSA) is 44.8 Å². The van der Waals surface area contributed by atoms with Gasteiger partial charge in [-0.3, -0.25) is 9.69 Å². The first-order valence-electron chi connectivity index (χ1n) is 7.78. The summed E-state index contributed by atoms with van der Waals surface area (Å²) in [6, 6.07) is 0.628. The number of methoxy groups -OCH3 is 1. The van der Waals surface area contributed by atoms with E-state index in [0.29, 0.717) is 12.6 Å². The fourth-order valence-electron chi connectivity index (χ4n) is 2.48. The number of rotatable bonds is 9. The van der Waals surface area contributed by atoms with Gasteiger partial charge in [0.1, 0.15) is 0 Å². The molecule has 0 aromatic rings. The first kappa shape index (κ1) is 17.4. The molecule has 0 atom stereocenters. The van der Waals surface area contributed by atoms with Gasteiger partial charge in [-0.25, -0.2) is 0 Å². The molecule has 0 radical (unpaired) electrons. The molecule has 118 valence electrons. The van der Waals surface area contributed by atoms with Gasteiger partial charge < -0.3 is 15.0 Å². The minimum Gasteiger partial charge on any atom is -0.385 e. The summed E-state index contributed by atoms with van der Waals surface area (Å²) in [5.41, 5.74) is 0. The quantitative estimate of drug-likeness (QED) is 0.641. The number of unbranched alkanes of at least 4 members (excludes halogenated alkanes) is 2. The van der Waals surface area contributed by atoms with Crippen molar-refractivity contribution in [1.29, 1.82) is 0 Å². The van der Waals surface area contributed by atoms with Crippen LogP contribution >= 0.6 is 0 Å². The Balaban J connectivity index is 2.03. The molecule has 20 heavy (non-hydrogen) atoms. The van der Waals surface area contributed by atoms with E-state index in [1.165, 1.54) is 12.8 Å². The Morgan fingerprint density at radius 3 is 2.55 bits per heavy atom. The molecular formula is C15H31N3O2. The Labute approximate surface area is 123 Å². The van der Waals surface area contributed by atoms with Gasteiger partial charge in [-0.15, -0.1) is 0 Å². The highest BCUT2D eigenvalue weighted by Crippen LogP contribution is 2.10. The Morgan fingerprint density at radius 2 is 1.95 bits per heavy atom. The Morgan fingerprint density at radius 1 is 1.25 bits per heavy atom. The van der Waals surface area contributed by atoms with E-state index in [1.54, 1.807) is 12.0 Å². The maximum atomic E-state index is 11.6. The molecule has 0 aliphatic carbocycles. The maximum Gasteiger partial charge on any atom is 0.236 e. The minimum absolute atomic E-state index is 0.203. The van der Waals surface area contributed by atoms with E-state index < -0.39 is 0 Å². The van der Waals surface area contributed by atoms with Crippen LogP contribution in [0.3, 0.4) is 0 Å². The molecule has 0 spiro atoms. The van der Waals surface area contributed by atoms with Gasteiger partial charge >= 0.3 is 0 Å². The lowest BCUT2D eigenvalue weighted by molar-refractivity contribution is -0.130. The predicted octanol–water partition coefficient (Wildman–Crippen LogP) is 0.945. The van der Waals surface area contributed by atoms with E-state index in [1.807, 2.05) is 14.1 Å². The highest BCUT2D eigenvalue weighted by molar-refractivity contribution is 5.77. The van der Waals surface area contributed by atoms with Crippen molar-refractivity contribution < 1.29 is 9.53 Å². The molecule has 1 amide bonds. The van der Waals surface area contributed by atoms with Gasteiger partial charge in [-0.1, -0.05) is 0 Å². The van der Waals surface area contributed by atoms with E-state index in [9.17, 15) is 4.79 Å². The summed E-state index contributed by atoms with van der Waals surface area (Å²) >= 11 is 0. The van der Waals surface area contributed by atoms with Crippen LogP contribution in [0.15, 0.2) is 0 Å². The summed E-state index contributed by atoms with van der Waals surface area (Å²) in [4.78, 5) is 15.6. The van der Waals surface area contributed by atoms with Crippen LogP contribution in [0.5, 0.6) is 0 Å². The van der Waals surface area contributed by atoms with Gasteiger partial charge in [-0.2, -0.15) is 0 Å². The summed E-state index contributed by atoms with van der Waals surface area (Å²) < 4.78 is 5.04. The van der Waals surface area contributed by atoms with E-state index in [4.69, 9.17) is 4.74 Å². The van der Waals surface area contributed by atoms with Crippen LogP contribution < -0.4 is 5.32 Å². The number of nitrogens with zero attached hydrogens (tertiary/aromatic N) is 2. The molecule has 0 aromatic heterocycles. The number of nitrogens with one attached hydrogen (secondary N) is 1. The van der Waals surface area contributed by atoms with Gasteiger partial charge in [0.05, 0.1) is 6.54 Å². The number of hydrogen-bond donors (Lipinski definition) is 1. The predicted molar refractivity (Wildman–Crippen MR) is 81.9 cm³/mol. The standard InChI is InChI=1S/C15H31N3O2/c1-17(2)15(19)13-18-10-7-14(8-11-18)16-9-5-4-6-12-20-3/h14,16H,4-13H2,1-3H3. The van der Waals surface area contributed by atoms with E-state index in [0.717, 1.165) is 45.5 Å². The summed E-state index contributed by atoms with van der Waals surface area (Å²) in [5, 5.41) is 3.63. The fraction of sp³-hybridized carbons (Fsp3) is 0.933. The van der Waals surface area contributed by atoms with Crippen LogP contribution in [-0.2, 0) is 9.53 Å². The summed E-state index contributed by atoms with van der Waals surface area (Å²) in [5.74, 6) is 0.203. The molecule has 1 rings (SSSR count). The second kappa shape index (κ2) is 10.1. The molecule has 0 unspecified atom stereocenters. The summed E-state index contributed by atoms with van der Waals surface area (Å²) in [7, 11) is 5.40. The van der Waals surface area contributed by atoms with Gasteiger partial charge in [-0.05, 0) is 38.6 Å². The molecule has 0 aromatic carbocycles. The minimum atomic E-state index is 0.203. The van der Waals surface area contributed by atoms with Crippen molar-refractivity contribution in [2.75, 3.05) is 54.0 Å². The van der Waals surface area contributed by atoms with Crippen molar-refractivity contribution in [2.45, 2.75) is 38.1 Å². The van der Waals surface area contributed by atoms with Gasteiger partial charge in [0.15, 0.2) is 0 Å². The number of carbonyl (C=O) groups excluding carboxylic acids is 1. The molecule has 1 saturated heterocycles. The third kappa shape index (κ3) is 7.22. The van der Waals surface area contributed by atoms with Crippen molar-refractivity contribution in [3.05, 3.63) is 0 Å². The third-order valence-electron chi connectivity index (χ3n) is 3.90. The fourth-order valence-corrected chi connectivity index (χ4v) is 2.48. The lowest BCUT2D eigenvalue weighted by Gasteiger charge is -2.32. The highest BCUT2D eigenvalue weighted by Gasteiger charge is 2.20. The molecular weight excluding hydrogens is 254 g/mol. The van der Waals surface area contributed by atoms with Gasteiger partial charge in [0.25, 0.3) is 0 Å². The zero-order valence-corrected chi connectivity index (χ0v) is 13.4. The Bertz CT molecular complexity index is 264. The van der Waals surface area contributed by atoms with Crippen molar-refractivity contribution >= 4 is 5.91 Å². The average Bonchev–Trinajstić information content (AvgIpc) is 2.44. The molecule has 5 nitrogen and oxygen atoms in total. The van der Waals surface area contributed by atoms with E-state index in [-0.39, 0.29) is 5.91 Å². The first-order valence-corrected chi connectivity index (χ1v) is 7.78. The zero-order valence-electron chi connectivity index (χ0n) is 13.4. The number of hydrogen-bond acceptors (Lipinski definition) is 4. The van der Waals surface area contributed by atoms with Crippen LogP contribution in [0.4, 0.5) is 0 Å². The zero-order chi connectivity index (χ0) is 14.8. The Kier molecular flexibility index (Phi) is 8.82. The largest absolute Gasteiger partial charge is 0.385 e. The molecule has 5 heteroatoms. The highest BCUT2D eigenvalue weighted by atomic mass is 16.5. The second-order valence-electron chi connectivity index (χ2n) is 5.85. The van der Waals surface area contributed by atoms with Crippen LogP contribution in [0.25, 0.3) is 0 Å². The van der Waals surface area contributed by atoms with Crippen molar-refractivity contribution in [3.63, 3.8) is 0 Å². The number of ether oxygens (including phenoxy) is 1. The number of likely N-dealkylation sites (N-methyl/N-ethyl adjacent to an activating group) is 1. The van der Waals surface area contributed by atoms with Gasteiger partial charge in [0, 0.05) is 46.9 Å². The van der Waals surface area contributed by atoms with Crippen LogP contribution in [0.2, 0.25) is 0 Å². The summed E-state index contributed by atoms with van der Waals surface area (Å²) in [6.45, 7) is 4.60. The Hall–Kier alpha value is -0.650. The molecule has 1 aliphatic rings. The van der Waals surface area contributed by atoms with E-state index in [2.05, 4.69) is 10.2 Å². The molecule has 1 N–H and O–H groups in total. The monoisotopic (exact) mass is 285 g/mol. The third-order valence-corrected chi connectivity index (χ3v) is 3.90. The van der Waals surface area contributed by atoms with Gasteiger partial charge in [0.2, 0.25) is 5.91 Å². The second-order valence-corrected chi connectivity index (χ2v) is 5.85. The molecule has 1 heterocycles. The smallest absolute Gasteiger partial charge is 0.236 e. The van der Waals surface area contributed by atoms with Crippen molar-refractivity contribution in [3.8, 4) is 0 Å². The molecule has 1 fully saturated rings. The normalized spacial score (nSPS) is 17.4. The van der Waals surface area contributed by atoms with E-state index >= 15 is 0 Å². The van der Waals surface area contributed by atoms with Crippen LogP contribution in [0, 0.1) is 0 Å². The number of carbonyl (C=O) groups is 1. The number of amides is 1. The van der Waals surface area contributed by atoms with Crippen LogP contribution in [0.1, 0.15) is 32.1 Å². The number of piperidine rings is 1. The lowest BCUT2D eigenvalue weighted by Crippen LogP contribution is -2.46. The maximum absolute atomic E-state index is 11.6. The SMILES string of the molecule is COCCCCCNC1CCN(CC(=O)N(C)C)CC1. The summed E-state index contributed by atoms with van der Waals surface area (Å²) in [6.07, 6.45) is 5.92. The van der Waals surface area contributed by atoms with Crippen molar-refractivity contribution in [2.24, 2.45) is 0 Å². The molecule has 0 bridgehead atoms. The van der Waals surface area contributed by atoms with Crippen LogP contribution in [-0.4, -0.2) is 75.7 Å². The molecule has 1 aliphatic heterocycles. The first-order chi connectivity index (χ1) is 9.63. The lowest BCUT2D eigenvalue weighted by atomic mass is 10.0.